The second-order valence-corrected chi connectivity index (χ2v) is 7.88. The summed E-state index contributed by atoms with van der Waals surface area (Å²) in [5.74, 6) is 1.33. The van der Waals surface area contributed by atoms with Gasteiger partial charge in [-0.3, -0.25) is 4.79 Å². The Kier molecular flexibility index (Phi) is 6.41. The second kappa shape index (κ2) is 9.56. The van der Waals surface area contributed by atoms with Crippen molar-refractivity contribution >= 4 is 22.4 Å². The van der Waals surface area contributed by atoms with Crippen LogP contribution in [-0.2, 0) is 6.61 Å². The third-order valence-electron chi connectivity index (χ3n) is 5.22. The van der Waals surface area contributed by atoms with Gasteiger partial charge in [-0.05, 0) is 85.1 Å². The van der Waals surface area contributed by atoms with Crippen LogP contribution in [-0.4, -0.2) is 12.5 Å². The average Bonchev–Trinajstić information content (AvgIpc) is 2.77. The Morgan fingerprint density at radius 2 is 1.56 bits per heavy atom. The van der Waals surface area contributed by atoms with Gasteiger partial charge in [0.15, 0.2) is 0 Å². The third kappa shape index (κ3) is 5.09. The van der Waals surface area contributed by atoms with Crippen molar-refractivity contribution in [1.82, 2.24) is 0 Å². The number of anilines is 1. The SMILES string of the molecule is CCOc1ccc(C(=O)Nc2cc(C)cc(C)c2)cc1COc1ccc2ccccc2c1. The molecule has 0 aliphatic rings. The van der Waals surface area contributed by atoms with Gasteiger partial charge in [0.1, 0.15) is 18.1 Å². The number of aryl methyl sites for hydroxylation is 2. The van der Waals surface area contributed by atoms with Crippen molar-refractivity contribution in [2.24, 2.45) is 0 Å². The Morgan fingerprint density at radius 1 is 0.812 bits per heavy atom. The molecule has 0 bridgehead atoms. The fourth-order valence-corrected chi connectivity index (χ4v) is 3.80. The fourth-order valence-electron chi connectivity index (χ4n) is 3.80. The van der Waals surface area contributed by atoms with Gasteiger partial charge in [0, 0.05) is 16.8 Å². The van der Waals surface area contributed by atoms with Gasteiger partial charge in [-0.15, -0.1) is 0 Å². The maximum Gasteiger partial charge on any atom is 0.255 e. The molecule has 0 saturated carbocycles. The van der Waals surface area contributed by atoms with Crippen molar-refractivity contribution in [2.45, 2.75) is 27.4 Å². The lowest BCUT2D eigenvalue weighted by Gasteiger charge is -2.14. The monoisotopic (exact) mass is 425 g/mol. The molecule has 1 amide bonds. The van der Waals surface area contributed by atoms with Crippen molar-refractivity contribution in [1.29, 1.82) is 0 Å². The van der Waals surface area contributed by atoms with E-state index in [1.54, 1.807) is 6.07 Å². The molecule has 0 unspecified atom stereocenters. The molecule has 0 saturated heterocycles. The van der Waals surface area contributed by atoms with Gasteiger partial charge in [-0.1, -0.05) is 36.4 Å². The smallest absolute Gasteiger partial charge is 0.255 e. The molecular weight excluding hydrogens is 398 g/mol. The summed E-state index contributed by atoms with van der Waals surface area (Å²) in [5.41, 5.74) is 4.39. The van der Waals surface area contributed by atoms with Gasteiger partial charge >= 0.3 is 0 Å². The standard InChI is InChI=1S/C28H27NO3/c1-4-31-27-12-10-23(28(30)29-25-14-19(2)13-20(3)15-25)16-24(27)18-32-26-11-9-21-7-5-6-8-22(21)17-26/h5-17H,4,18H2,1-3H3,(H,29,30). The number of hydrogen-bond acceptors (Lipinski definition) is 3. The normalized spacial score (nSPS) is 10.7. The van der Waals surface area contributed by atoms with E-state index in [9.17, 15) is 4.79 Å². The number of benzene rings is 4. The first kappa shape index (κ1) is 21.4. The zero-order chi connectivity index (χ0) is 22.5. The van der Waals surface area contributed by atoms with Crippen LogP contribution in [0.15, 0.2) is 78.9 Å². The van der Waals surface area contributed by atoms with E-state index in [0.29, 0.717) is 18.8 Å². The van der Waals surface area contributed by atoms with Gasteiger partial charge < -0.3 is 14.8 Å². The first-order valence-electron chi connectivity index (χ1n) is 10.8. The Labute approximate surface area is 188 Å². The maximum absolute atomic E-state index is 12.9. The van der Waals surface area contributed by atoms with E-state index in [-0.39, 0.29) is 5.91 Å². The van der Waals surface area contributed by atoms with Crippen molar-refractivity contribution in [3.63, 3.8) is 0 Å². The van der Waals surface area contributed by atoms with Gasteiger partial charge in [0.25, 0.3) is 5.91 Å². The lowest BCUT2D eigenvalue weighted by Crippen LogP contribution is -2.13. The van der Waals surface area contributed by atoms with Gasteiger partial charge in [0.2, 0.25) is 0 Å². The molecule has 162 valence electrons. The highest BCUT2D eigenvalue weighted by Gasteiger charge is 2.12. The molecular formula is C28H27NO3. The van der Waals surface area contributed by atoms with Crippen molar-refractivity contribution in [2.75, 3.05) is 11.9 Å². The van der Waals surface area contributed by atoms with Crippen molar-refractivity contribution in [3.05, 3.63) is 101 Å². The number of hydrogen-bond donors (Lipinski definition) is 1. The van der Waals surface area contributed by atoms with Crippen LogP contribution in [0.3, 0.4) is 0 Å². The first-order chi connectivity index (χ1) is 15.5. The number of ether oxygens (including phenoxy) is 2. The molecule has 0 radical (unpaired) electrons. The lowest BCUT2D eigenvalue weighted by atomic mass is 10.1. The van der Waals surface area contributed by atoms with Gasteiger partial charge in [-0.2, -0.15) is 0 Å². The highest BCUT2D eigenvalue weighted by molar-refractivity contribution is 6.04. The van der Waals surface area contributed by atoms with Crippen LogP contribution in [0, 0.1) is 13.8 Å². The van der Waals surface area contributed by atoms with Crippen LogP contribution in [0.2, 0.25) is 0 Å². The van der Waals surface area contributed by atoms with Gasteiger partial charge in [0.05, 0.1) is 6.61 Å². The number of rotatable bonds is 7. The van der Waals surface area contributed by atoms with Crippen LogP contribution in [0.5, 0.6) is 11.5 Å². The molecule has 1 N–H and O–H groups in total. The number of amides is 1. The van der Waals surface area contributed by atoms with Crippen LogP contribution in [0.25, 0.3) is 10.8 Å². The number of fused-ring (bicyclic) bond motifs is 1. The third-order valence-corrected chi connectivity index (χ3v) is 5.22. The topological polar surface area (TPSA) is 47.6 Å². The molecule has 4 rings (SSSR count). The van der Waals surface area contributed by atoms with Crippen LogP contribution in [0.4, 0.5) is 5.69 Å². The van der Waals surface area contributed by atoms with Crippen LogP contribution in [0.1, 0.15) is 34.0 Å². The van der Waals surface area contributed by atoms with E-state index in [1.165, 1.54) is 5.39 Å². The van der Waals surface area contributed by atoms with Crippen LogP contribution >= 0.6 is 0 Å². The summed E-state index contributed by atoms with van der Waals surface area (Å²) >= 11 is 0. The molecule has 32 heavy (non-hydrogen) atoms. The largest absolute Gasteiger partial charge is 0.493 e. The lowest BCUT2D eigenvalue weighted by molar-refractivity contribution is 0.102. The molecule has 4 nitrogen and oxygen atoms in total. The second-order valence-electron chi connectivity index (χ2n) is 7.88. The van der Waals surface area contributed by atoms with E-state index in [1.807, 2.05) is 75.4 Å². The first-order valence-corrected chi connectivity index (χ1v) is 10.8. The summed E-state index contributed by atoms with van der Waals surface area (Å²) in [5, 5.41) is 5.28. The molecule has 4 aromatic carbocycles. The minimum Gasteiger partial charge on any atom is -0.493 e. The Morgan fingerprint density at radius 3 is 2.31 bits per heavy atom. The Balaban J connectivity index is 1.54. The van der Waals surface area contributed by atoms with E-state index in [4.69, 9.17) is 9.47 Å². The molecule has 4 aromatic rings. The minimum absolute atomic E-state index is 0.162. The molecule has 4 heteroatoms. The van der Waals surface area contributed by atoms with E-state index < -0.39 is 0 Å². The summed E-state index contributed by atoms with van der Waals surface area (Å²) in [6, 6.07) is 25.6. The van der Waals surface area contributed by atoms with Crippen molar-refractivity contribution < 1.29 is 14.3 Å². The molecule has 0 spiro atoms. The van der Waals surface area contributed by atoms with Gasteiger partial charge in [-0.25, -0.2) is 0 Å². The summed E-state index contributed by atoms with van der Waals surface area (Å²) in [6.45, 7) is 6.81. The fraction of sp³-hybridized carbons (Fsp3) is 0.179. The van der Waals surface area contributed by atoms with E-state index >= 15 is 0 Å². The summed E-state index contributed by atoms with van der Waals surface area (Å²) in [4.78, 5) is 12.9. The quantitative estimate of drug-likeness (QED) is 0.359. The molecule has 0 atom stereocenters. The predicted octanol–water partition coefficient (Wildman–Crippen LogP) is 6.69. The highest BCUT2D eigenvalue weighted by atomic mass is 16.5. The average molecular weight is 426 g/mol. The minimum atomic E-state index is -0.162. The molecule has 0 fully saturated rings. The van der Waals surface area contributed by atoms with E-state index in [2.05, 4.69) is 23.5 Å². The predicted molar refractivity (Wildman–Crippen MR) is 130 cm³/mol. The van der Waals surface area contributed by atoms with Crippen molar-refractivity contribution in [3.8, 4) is 11.5 Å². The number of carbonyl (C=O) groups is 1. The highest BCUT2D eigenvalue weighted by Crippen LogP contribution is 2.26. The molecule has 0 heterocycles. The van der Waals surface area contributed by atoms with Crippen LogP contribution < -0.4 is 14.8 Å². The zero-order valence-corrected chi connectivity index (χ0v) is 18.6. The maximum atomic E-state index is 12.9. The molecule has 0 aliphatic carbocycles. The summed E-state index contributed by atoms with van der Waals surface area (Å²) in [6.07, 6.45) is 0. The Bertz CT molecular complexity index is 1240. The number of carbonyl (C=O) groups excluding carboxylic acids is 1. The zero-order valence-electron chi connectivity index (χ0n) is 18.6. The molecule has 0 aromatic heterocycles. The summed E-state index contributed by atoms with van der Waals surface area (Å²) < 4.78 is 11.8. The molecule has 0 aliphatic heterocycles. The number of nitrogens with one attached hydrogen (secondary N) is 1. The summed E-state index contributed by atoms with van der Waals surface area (Å²) in [7, 11) is 0. The Hall–Kier alpha value is -3.79. The van der Waals surface area contributed by atoms with E-state index in [0.717, 1.165) is 39.3 Å².